The summed E-state index contributed by atoms with van der Waals surface area (Å²) >= 11 is 0. The molecule has 4 fully saturated rings. The van der Waals surface area contributed by atoms with Crippen LogP contribution in [0.3, 0.4) is 0 Å². The maximum Gasteiger partial charge on any atom is 0.225 e. The SMILES string of the molecule is COC[C@@H]1[C@@H](NC2CCN(C(=O)C3CC3)CC2)[C@@H]2CCO[C@H]12. The first kappa shape index (κ1) is 14.9. The van der Waals surface area contributed by atoms with Gasteiger partial charge in [-0.05, 0) is 32.1 Å². The van der Waals surface area contributed by atoms with Gasteiger partial charge in [0, 0.05) is 56.6 Å². The van der Waals surface area contributed by atoms with E-state index >= 15 is 0 Å². The highest BCUT2D eigenvalue weighted by atomic mass is 16.5. The molecule has 5 nitrogen and oxygen atoms in total. The summed E-state index contributed by atoms with van der Waals surface area (Å²) < 4.78 is 11.2. The normalized spacial score (nSPS) is 38.7. The van der Waals surface area contributed by atoms with Crippen LogP contribution in [0.5, 0.6) is 0 Å². The molecule has 1 N–H and O–H groups in total. The van der Waals surface area contributed by atoms with Gasteiger partial charge in [0.05, 0.1) is 12.7 Å². The van der Waals surface area contributed by atoms with E-state index in [1.54, 1.807) is 7.11 Å². The zero-order chi connectivity index (χ0) is 15.1. The number of ether oxygens (including phenoxy) is 2. The van der Waals surface area contributed by atoms with Crippen LogP contribution in [-0.2, 0) is 14.3 Å². The highest BCUT2D eigenvalue weighted by molar-refractivity contribution is 5.81. The van der Waals surface area contributed by atoms with Crippen molar-refractivity contribution in [1.82, 2.24) is 10.2 Å². The quantitative estimate of drug-likeness (QED) is 0.824. The summed E-state index contributed by atoms with van der Waals surface area (Å²) in [4.78, 5) is 14.2. The summed E-state index contributed by atoms with van der Waals surface area (Å²) in [6, 6.07) is 1.09. The molecule has 22 heavy (non-hydrogen) atoms. The van der Waals surface area contributed by atoms with Gasteiger partial charge in [0.2, 0.25) is 5.91 Å². The van der Waals surface area contributed by atoms with Gasteiger partial charge in [0.15, 0.2) is 0 Å². The Labute approximate surface area is 132 Å². The second-order valence-corrected chi connectivity index (χ2v) is 7.47. The molecule has 5 heteroatoms. The predicted octanol–water partition coefficient (Wildman–Crippen LogP) is 1.03. The molecular formula is C17H28N2O3. The fourth-order valence-corrected chi connectivity index (χ4v) is 4.59. The van der Waals surface area contributed by atoms with E-state index in [1.807, 2.05) is 0 Å². The lowest BCUT2D eigenvalue weighted by Crippen LogP contribution is -2.64. The lowest BCUT2D eigenvalue weighted by molar-refractivity contribution is -0.134. The Bertz CT molecular complexity index is 418. The maximum atomic E-state index is 12.1. The van der Waals surface area contributed by atoms with Crippen molar-refractivity contribution in [2.24, 2.45) is 17.8 Å². The molecule has 4 aliphatic rings. The van der Waals surface area contributed by atoms with Crippen molar-refractivity contribution in [3.8, 4) is 0 Å². The van der Waals surface area contributed by atoms with E-state index in [2.05, 4.69) is 10.2 Å². The number of piperidine rings is 1. The summed E-state index contributed by atoms with van der Waals surface area (Å²) in [7, 11) is 1.78. The zero-order valence-electron chi connectivity index (χ0n) is 13.5. The minimum Gasteiger partial charge on any atom is -0.384 e. The molecule has 0 aromatic carbocycles. The minimum atomic E-state index is 0.360. The first-order valence-electron chi connectivity index (χ1n) is 8.93. The summed E-state index contributed by atoms with van der Waals surface area (Å²) in [6.07, 6.45) is 6.00. The van der Waals surface area contributed by atoms with Crippen molar-refractivity contribution in [3.05, 3.63) is 0 Å². The van der Waals surface area contributed by atoms with Crippen LogP contribution in [-0.4, -0.2) is 62.4 Å². The molecule has 2 saturated carbocycles. The van der Waals surface area contributed by atoms with Gasteiger partial charge in [-0.1, -0.05) is 0 Å². The molecular weight excluding hydrogens is 280 g/mol. The Morgan fingerprint density at radius 2 is 2.00 bits per heavy atom. The number of rotatable bonds is 5. The standard InChI is InChI=1S/C17H28N2O3/c1-21-10-14-15(13-6-9-22-16(13)14)18-12-4-7-19(8-5-12)17(20)11-2-3-11/h11-16,18H,2-10H2,1H3/t13-,14+,15-,16-/m0/s1. The Morgan fingerprint density at radius 1 is 1.23 bits per heavy atom. The molecule has 0 aromatic heterocycles. The smallest absolute Gasteiger partial charge is 0.225 e. The monoisotopic (exact) mass is 308 g/mol. The summed E-state index contributed by atoms with van der Waals surface area (Å²) in [6.45, 7) is 3.55. The van der Waals surface area contributed by atoms with E-state index < -0.39 is 0 Å². The van der Waals surface area contributed by atoms with Crippen LogP contribution < -0.4 is 5.32 Å². The number of nitrogens with zero attached hydrogens (tertiary/aromatic N) is 1. The number of fused-ring (bicyclic) bond motifs is 1. The van der Waals surface area contributed by atoms with Crippen molar-refractivity contribution in [3.63, 3.8) is 0 Å². The fourth-order valence-electron chi connectivity index (χ4n) is 4.59. The van der Waals surface area contributed by atoms with Crippen molar-refractivity contribution < 1.29 is 14.3 Å². The van der Waals surface area contributed by atoms with E-state index in [0.717, 1.165) is 52.0 Å². The number of nitrogens with one attached hydrogen (secondary N) is 1. The predicted molar refractivity (Wildman–Crippen MR) is 82.5 cm³/mol. The molecule has 4 atom stereocenters. The van der Waals surface area contributed by atoms with Crippen molar-refractivity contribution >= 4 is 5.91 Å². The molecule has 0 bridgehead atoms. The van der Waals surface area contributed by atoms with E-state index in [4.69, 9.17) is 9.47 Å². The molecule has 0 radical (unpaired) electrons. The van der Waals surface area contributed by atoms with Crippen LogP contribution >= 0.6 is 0 Å². The largest absolute Gasteiger partial charge is 0.384 e. The molecule has 124 valence electrons. The molecule has 1 amide bonds. The Balaban J connectivity index is 1.28. The van der Waals surface area contributed by atoms with Crippen LogP contribution in [0.2, 0.25) is 0 Å². The molecule has 2 saturated heterocycles. The lowest BCUT2D eigenvalue weighted by atomic mass is 9.66. The number of carbonyl (C=O) groups is 1. The van der Waals surface area contributed by atoms with Crippen molar-refractivity contribution in [2.75, 3.05) is 33.4 Å². The second-order valence-electron chi connectivity index (χ2n) is 7.47. The Morgan fingerprint density at radius 3 is 2.68 bits per heavy atom. The second kappa shape index (κ2) is 6.10. The third kappa shape index (κ3) is 2.68. The van der Waals surface area contributed by atoms with Crippen LogP contribution in [0.1, 0.15) is 32.1 Å². The number of likely N-dealkylation sites (tertiary alicyclic amines) is 1. The van der Waals surface area contributed by atoms with Gasteiger partial charge < -0.3 is 19.7 Å². The summed E-state index contributed by atoms with van der Waals surface area (Å²) in [5.41, 5.74) is 0. The van der Waals surface area contributed by atoms with Crippen molar-refractivity contribution in [1.29, 1.82) is 0 Å². The number of hydrogen-bond acceptors (Lipinski definition) is 4. The van der Waals surface area contributed by atoms with E-state index in [0.29, 0.717) is 41.8 Å². The van der Waals surface area contributed by atoms with Gasteiger partial charge in [-0.2, -0.15) is 0 Å². The summed E-state index contributed by atoms with van der Waals surface area (Å²) in [5.74, 6) is 1.94. The number of hydrogen-bond donors (Lipinski definition) is 1. The molecule has 0 aromatic rings. The molecule has 2 aliphatic heterocycles. The maximum absolute atomic E-state index is 12.1. The number of carbonyl (C=O) groups excluding carboxylic acids is 1. The number of amides is 1. The molecule has 4 rings (SSSR count). The van der Waals surface area contributed by atoms with Crippen LogP contribution in [0, 0.1) is 17.8 Å². The fraction of sp³-hybridized carbons (Fsp3) is 0.941. The first-order valence-corrected chi connectivity index (χ1v) is 8.93. The molecule has 0 spiro atoms. The van der Waals surface area contributed by atoms with Gasteiger partial charge in [-0.25, -0.2) is 0 Å². The third-order valence-electron chi connectivity index (χ3n) is 6.05. The molecule has 2 heterocycles. The van der Waals surface area contributed by atoms with Gasteiger partial charge in [0.1, 0.15) is 0 Å². The van der Waals surface area contributed by atoms with Crippen molar-refractivity contribution in [2.45, 2.75) is 50.3 Å². The lowest BCUT2D eigenvalue weighted by Gasteiger charge is -2.50. The van der Waals surface area contributed by atoms with E-state index in [1.165, 1.54) is 6.42 Å². The highest BCUT2D eigenvalue weighted by Crippen LogP contribution is 2.44. The topological polar surface area (TPSA) is 50.8 Å². The third-order valence-corrected chi connectivity index (χ3v) is 6.05. The summed E-state index contributed by atoms with van der Waals surface area (Å²) in [5, 5.41) is 3.87. The average Bonchev–Trinajstić information content (AvgIpc) is 3.30. The Kier molecular flexibility index (Phi) is 4.13. The van der Waals surface area contributed by atoms with Gasteiger partial charge in [0.25, 0.3) is 0 Å². The van der Waals surface area contributed by atoms with E-state index in [-0.39, 0.29) is 0 Å². The zero-order valence-corrected chi connectivity index (χ0v) is 13.5. The first-order chi connectivity index (χ1) is 10.8. The molecule has 2 aliphatic carbocycles. The van der Waals surface area contributed by atoms with Crippen LogP contribution in [0.25, 0.3) is 0 Å². The molecule has 0 unspecified atom stereocenters. The Hall–Kier alpha value is -0.650. The highest BCUT2D eigenvalue weighted by Gasteiger charge is 2.54. The van der Waals surface area contributed by atoms with Crippen LogP contribution in [0.4, 0.5) is 0 Å². The van der Waals surface area contributed by atoms with Gasteiger partial charge >= 0.3 is 0 Å². The van der Waals surface area contributed by atoms with E-state index in [9.17, 15) is 4.79 Å². The van der Waals surface area contributed by atoms with Gasteiger partial charge in [-0.15, -0.1) is 0 Å². The number of methoxy groups -OCH3 is 1. The van der Waals surface area contributed by atoms with Gasteiger partial charge in [-0.3, -0.25) is 4.79 Å². The average molecular weight is 308 g/mol. The van der Waals surface area contributed by atoms with Crippen LogP contribution in [0.15, 0.2) is 0 Å². The minimum absolute atomic E-state index is 0.360.